The van der Waals surface area contributed by atoms with Crippen molar-refractivity contribution in [2.75, 3.05) is 20.3 Å². The average molecular weight is 243 g/mol. The number of methoxy groups -OCH3 is 1. The van der Waals surface area contributed by atoms with Gasteiger partial charge in [-0.1, -0.05) is 26.2 Å². The van der Waals surface area contributed by atoms with Gasteiger partial charge >= 0.3 is 0 Å². The maximum atomic E-state index is 12.2. The first-order valence-electron chi connectivity index (χ1n) is 6.53. The van der Waals surface area contributed by atoms with Crippen LogP contribution in [0.5, 0.6) is 0 Å². The van der Waals surface area contributed by atoms with Gasteiger partial charge < -0.3 is 15.2 Å². The molecule has 1 saturated carbocycles. The van der Waals surface area contributed by atoms with Crippen LogP contribution in [0.2, 0.25) is 0 Å². The van der Waals surface area contributed by atoms with E-state index in [0.717, 1.165) is 25.7 Å². The summed E-state index contributed by atoms with van der Waals surface area (Å²) in [6.45, 7) is 2.58. The first-order valence-corrected chi connectivity index (χ1v) is 6.53. The van der Waals surface area contributed by atoms with Gasteiger partial charge in [0.25, 0.3) is 0 Å². The smallest absolute Gasteiger partial charge is 0.226 e. The monoisotopic (exact) mass is 243 g/mol. The Morgan fingerprint density at radius 3 is 2.59 bits per heavy atom. The van der Waals surface area contributed by atoms with Crippen molar-refractivity contribution in [3.05, 3.63) is 0 Å². The van der Waals surface area contributed by atoms with Gasteiger partial charge in [0, 0.05) is 19.1 Å². The van der Waals surface area contributed by atoms with Gasteiger partial charge in [-0.15, -0.1) is 0 Å². The fourth-order valence-electron chi connectivity index (χ4n) is 2.47. The summed E-state index contributed by atoms with van der Waals surface area (Å²) in [5, 5.41) is 11.9. The number of aliphatic hydroxyl groups is 1. The number of hydrogen-bond donors (Lipinski definition) is 2. The van der Waals surface area contributed by atoms with E-state index >= 15 is 0 Å². The Balaban J connectivity index is 2.49. The normalized spacial score (nSPS) is 20.9. The SMILES string of the molecule is COCC(CCO)NC(=O)C1(C)CCCCC1. The molecule has 0 aliphatic heterocycles. The molecule has 2 N–H and O–H groups in total. The van der Waals surface area contributed by atoms with E-state index in [1.54, 1.807) is 7.11 Å². The summed E-state index contributed by atoms with van der Waals surface area (Å²) >= 11 is 0. The number of hydrogen-bond acceptors (Lipinski definition) is 3. The Morgan fingerprint density at radius 2 is 2.06 bits per heavy atom. The summed E-state index contributed by atoms with van der Waals surface area (Å²) in [4.78, 5) is 12.2. The molecule has 1 aliphatic rings. The van der Waals surface area contributed by atoms with E-state index in [1.165, 1.54) is 6.42 Å². The van der Waals surface area contributed by atoms with Crippen LogP contribution < -0.4 is 5.32 Å². The van der Waals surface area contributed by atoms with E-state index < -0.39 is 0 Å². The van der Waals surface area contributed by atoms with Crippen LogP contribution in [0.1, 0.15) is 45.4 Å². The van der Waals surface area contributed by atoms with Gasteiger partial charge in [-0.3, -0.25) is 4.79 Å². The first-order chi connectivity index (χ1) is 8.12. The van der Waals surface area contributed by atoms with Gasteiger partial charge in [0.2, 0.25) is 5.91 Å². The lowest BCUT2D eigenvalue weighted by Crippen LogP contribution is -2.47. The van der Waals surface area contributed by atoms with E-state index in [1.807, 2.05) is 6.92 Å². The molecule has 0 aromatic rings. The van der Waals surface area contributed by atoms with Crippen LogP contribution in [0.15, 0.2) is 0 Å². The minimum atomic E-state index is -0.223. The van der Waals surface area contributed by atoms with Crippen molar-refractivity contribution in [3.8, 4) is 0 Å². The molecule has 0 spiro atoms. The van der Waals surface area contributed by atoms with Gasteiger partial charge in [-0.2, -0.15) is 0 Å². The number of nitrogens with one attached hydrogen (secondary N) is 1. The van der Waals surface area contributed by atoms with Crippen LogP contribution in [0.3, 0.4) is 0 Å². The maximum Gasteiger partial charge on any atom is 0.226 e. The Labute approximate surface area is 104 Å². The highest BCUT2D eigenvalue weighted by Crippen LogP contribution is 2.35. The predicted octanol–water partition coefficient (Wildman–Crippen LogP) is 1.47. The molecular weight excluding hydrogens is 218 g/mol. The van der Waals surface area contributed by atoms with Crippen LogP contribution in [0.4, 0.5) is 0 Å². The van der Waals surface area contributed by atoms with Gasteiger partial charge in [0.15, 0.2) is 0 Å². The van der Waals surface area contributed by atoms with Gasteiger partial charge in [-0.05, 0) is 19.3 Å². The third-order valence-electron chi connectivity index (χ3n) is 3.69. The second-order valence-corrected chi connectivity index (χ2v) is 5.26. The number of carbonyl (C=O) groups is 1. The molecule has 0 heterocycles. The Morgan fingerprint density at radius 1 is 1.41 bits per heavy atom. The molecule has 17 heavy (non-hydrogen) atoms. The minimum Gasteiger partial charge on any atom is -0.396 e. The number of rotatable bonds is 6. The quantitative estimate of drug-likeness (QED) is 0.742. The molecule has 0 bridgehead atoms. The van der Waals surface area contributed by atoms with Crippen LogP contribution >= 0.6 is 0 Å². The molecule has 1 rings (SSSR count). The van der Waals surface area contributed by atoms with Crippen molar-refractivity contribution in [2.24, 2.45) is 5.41 Å². The van der Waals surface area contributed by atoms with Gasteiger partial charge in [0.05, 0.1) is 12.6 Å². The van der Waals surface area contributed by atoms with E-state index in [-0.39, 0.29) is 24.0 Å². The van der Waals surface area contributed by atoms with Crippen LogP contribution in [0.25, 0.3) is 0 Å². The summed E-state index contributed by atoms with van der Waals surface area (Å²) < 4.78 is 5.05. The van der Waals surface area contributed by atoms with Crippen LogP contribution in [-0.2, 0) is 9.53 Å². The second-order valence-electron chi connectivity index (χ2n) is 5.26. The highest BCUT2D eigenvalue weighted by Gasteiger charge is 2.35. The van der Waals surface area contributed by atoms with E-state index in [0.29, 0.717) is 13.0 Å². The third-order valence-corrected chi connectivity index (χ3v) is 3.69. The first kappa shape index (κ1) is 14.5. The largest absolute Gasteiger partial charge is 0.396 e. The third kappa shape index (κ3) is 4.28. The number of carbonyl (C=O) groups excluding carboxylic acids is 1. The lowest BCUT2D eigenvalue weighted by molar-refractivity contribution is -0.133. The summed E-state index contributed by atoms with van der Waals surface area (Å²) in [5.41, 5.74) is -0.223. The van der Waals surface area contributed by atoms with Crippen LogP contribution in [0, 0.1) is 5.41 Å². The van der Waals surface area contributed by atoms with Crippen molar-refractivity contribution in [3.63, 3.8) is 0 Å². The zero-order chi connectivity index (χ0) is 12.7. The molecule has 1 amide bonds. The molecule has 100 valence electrons. The zero-order valence-electron chi connectivity index (χ0n) is 11.0. The van der Waals surface area contributed by atoms with E-state index in [4.69, 9.17) is 9.84 Å². The van der Waals surface area contributed by atoms with Crippen molar-refractivity contribution in [1.82, 2.24) is 5.32 Å². The summed E-state index contributed by atoms with van der Waals surface area (Å²) in [5.74, 6) is 0.118. The fourth-order valence-corrected chi connectivity index (χ4v) is 2.47. The molecule has 1 atom stereocenters. The Kier molecular flexibility index (Phi) is 5.92. The summed E-state index contributed by atoms with van der Waals surface area (Å²) in [7, 11) is 1.61. The molecule has 1 aliphatic carbocycles. The zero-order valence-corrected chi connectivity index (χ0v) is 11.0. The molecule has 4 nitrogen and oxygen atoms in total. The average Bonchev–Trinajstić information content (AvgIpc) is 2.30. The molecule has 1 fully saturated rings. The van der Waals surface area contributed by atoms with Crippen molar-refractivity contribution in [2.45, 2.75) is 51.5 Å². The molecule has 1 unspecified atom stereocenters. The summed E-state index contributed by atoms with van der Waals surface area (Å²) in [6, 6.07) is -0.0729. The number of ether oxygens (including phenoxy) is 1. The standard InChI is InChI=1S/C13H25NO3/c1-13(7-4-3-5-8-13)12(16)14-11(6-9-15)10-17-2/h11,15H,3-10H2,1-2H3,(H,14,16). The van der Waals surface area contributed by atoms with Gasteiger partial charge in [0.1, 0.15) is 0 Å². The molecule has 0 saturated heterocycles. The lowest BCUT2D eigenvalue weighted by atomic mass is 9.75. The number of aliphatic hydroxyl groups excluding tert-OH is 1. The van der Waals surface area contributed by atoms with Crippen molar-refractivity contribution >= 4 is 5.91 Å². The van der Waals surface area contributed by atoms with Crippen molar-refractivity contribution in [1.29, 1.82) is 0 Å². The molecule has 4 heteroatoms. The predicted molar refractivity (Wildman–Crippen MR) is 66.7 cm³/mol. The lowest BCUT2D eigenvalue weighted by Gasteiger charge is -2.33. The second kappa shape index (κ2) is 6.97. The topological polar surface area (TPSA) is 58.6 Å². The molecule has 0 aromatic carbocycles. The molecular formula is C13H25NO3. The molecule has 0 aromatic heterocycles. The maximum absolute atomic E-state index is 12.2. The fraction of sp³-hybridized carbons (Fsp3) is 0.923. The minimum absolute atomic E-state index is 0.0729. The number of amides is 1. The highest BCUT2D eigenvalue weighted by atomic mass is 16.5. The summed E-state index contributed by atoms with van der Waals surface area (Å²) in [6.07, 6.45) is 6.00. The van der Waals surface area contributed by atoms with E-state index in [2.05, 4.69) is 5.32 Å². The van der Waals surface area contributed by atoms with Crippen LogP contribution in [-0.4, -0.2) is 37.4 Å². The van der Waals surface area contributed by atoms with Gasteiger partial charge in [-0.25, -0.2) is 0 Å². The van der Waals surface area contributed by atoms with Crippen molar-refractivity contribution < 1.29 is 14.6 Å². The Bertz CT molecular complexity index is 231. The highest BCUT2D eigenvalue weighted by molar-refractivity contribution is 5.82. The molecule has 0 radical (unpaired) electrons. The Hall–Kier alpha value is -0.610. The van der Waals surface area contributed by atoms with E-state index in [9.17, 15) is 4.79 Å².